The Hall–Kier alpha value is -1.75. The predicted molar refractivity (Wildman–Crippen MR) is 93.0 cm³/mol. The average molecular weight is 325 g/mol. The van der Waals surface area contributed by atoms with Crippen molar-refractivity contribution in [1.82, 2.24) is 10.6 Å². The Kier molecular flexibility index (Phi) is 6.23. The van der Waals surface area contributed by atoms with Crippen molar-refractivity contribution in [1.29, 1.82) is 5.41 Å². The van der Waals surface area contributed by atoms with Crippen LogP contribution in [0.3, 0.4) is 0 Å². The molecule has 4 N–H and O–H groups in total. The van der Waals surface area contributed by atoms with Crippen molar-refractivity contribution in [3.8, 4) is 0 Å². The summed E-state index contributed by atoms with van der Waals surface area (Å²) in [4.78, 5) is 11.8. The number of anilines is 1. The maximum absolute atomic E-state index is 11.8. The predicted octanol–water partition coefficient (Wildman–Crippen LogP) is 3.91. The minimum absolute atomic E-state index is 0.0755. The number of amides is 2. The monoisotopic (exact) mass is 324 g/mol. The van der Waals surface area contributed by atoms with E-state index in [9.17, 15) is 4.79 Å². The number of guanidine groups is 1. The van der Waals surface area contributed by atoms with Gasteiger partial charge in [-0.15, -0.1) is 0 Å². The number of urea groups is 1. The highest BCUT2D eigenvalue weighted by Gasteiger charge is 2.16. The van der Waals surface area contributed by atoms with Crippen LogP contribution in [0, 0.1) is 5.41 Å². The van der Waals surface area contributed by atoms with Crippen LogP contribution in [0.15, 0.2) is 12.1 Å². The van der Waals surface area contributed by atoms with Gasteiger partial charge in [0.2, 0.25) is 5.96 Å². The Balaban J connectivity index is 2.88. The number of carbonyl (C=O) groups excluding carboxylic acids is 1. The molecule has 1 rings (SSSR count). The summed E-state index contributed by atoms with van der Waals surface area (Å²) in [6.07, 6.45) is 1.56. The molecule has 5 nitrogen and oxygen atoms in total. The van der Waals surface area contributed by atoms with Crippen LogP contribution < -0.4 is 16.0 Å². The number of carbonyl (C=O) groups is 1. The molecule has 0 atom stereocenters. The number of aryl methyl sites for hydroxylation is 1. The Morgan fingerprint density at radius 2 is 1.86 bits per heavy atom. The maximum atomic E-state index is 11.8. The fraction of sp³-hybridized carbons (Fsp3) is 0.500. The molecule has 0 saturated carbocycles. The van der Waals surface area contributed by atoms with Gasteiger partial charge in [0, 0.05) is 16.2 Å². The van der Waals surface area contributed by atoms with E-state index in [1.165, 1.54) is 0 Å². The first kappa shape index (κ1) is 18.3. The highest BCUT2D eigenvalue weighted by molar-refractivity contribution is 6.32. The van der Waals surface area contributed by atoms with Crippen LogP contribution >= 0.6 is 11.6 Å². The zero-order valence-corrected chi connectivity index (χ0v) is 14.6. The molecule has 0 spiro atoms. The molecule has 2 amide bonds. The lowest BCUT2D eigenvalue weighted by molar-refractivity contribution is 0.236. The summed E-state index contributed by atoms with van der Waals surface area (Å²) in [5.41, 5.74) is 2.45. The van der Waals surface area contributed by atoms with Crippen molar-refractivity contribution in [3.63, 3.8) is 0 Å². The third-order valence-electron chi connectivity index (χ3n) is 3.05. The third kappa shape index (κ3) is 5.22. The van der Waals surface area contributed by atoms with E-state index in [2.05, 4.69) is 16.0 Å². The van der Waals surface area contributed by atoms with Crippen molar-refractivity contribution in [2.45, 2.75) is 53.0 Å². The number of hydrogen-bond donors (Lipinski definition) is 4. The molecule has 122 valence electrons. The molecule has 22 heavy (non-hydrogen) atoms. The summed E-state index contributed by atoms with van der Waals surface area (Å²) in [6, 6.07) is 3.39. The third-order valence-corrected chi connectivity index (χ3v) is 3.41. The molecule has 0 aliphatic heterocycles. The zero-order valence-electron chi connectivity index (χ0n) is 13.9. The normalized spacial score (nSPS) is 11.0. The summed E-state index contributed by atoms with van der Waals surface area (Å²) in [7, 11) is 0. The van der Waals surface area contributed by atoms with Gasteiger partial charge in [-0.3, -0.25) is 10.7 Å². The molecule has 0 aliphatic carbocycles. The Labute approximate surface area is 137 Å². The Morgan fingerprint density at radius 3 is 2.36 bits per heavy atom. The molecule has 1 aromatic carbocycles. The summed E-state index contributed by atoms with van der Waals surface area (Å²) >= 11 is 6.22. The van der Waals surface area contributed by atoms with Crippen LogP contribution in [0.1, 0.15) is 45.7 Å². The van der Waals surface area contributed by atoms with Gasteiger partial charge in [-0.1, -0.05) is 31.5 Å². The quantitative estimate of drug-likeness (QED) is 0.502. The molecule has 0 unspecified atom stereocenters. The van der Waals surface area contributed by atoms with E-state index in [0.717, 1.165) is 29.7 Å². The molecule has 0 heterocycles. The lowest BCUT2D eigenvalue weighted by atomic mass is 10.0. The van der Waals surface area contributed by atoms with E-state index in [1.54, 1.807) is 0 Å². The van der Waals surface area contributed by atoms with Crippen molar-refractivity contribution in [2.75, 3.05) is 5.32 Å². The van der Waals surface area contributed by atoms with Gasteiger partial charge < -0.3 is 10.6 Å². The van der Waals surface area contributed by atoms with Gasteiger partial charge in [0.15, 0.2) is 0 Å². The van der Waals surface area contributed by atoms with E-state index in [-0.39, 0.29) is 11.5 Å². The molecule has 0 fully saturated rings. The van der Waals surface area contributed by atoms with Gasteiger partial charge in [0.25, 0.3) is 0 Å². The van der Waals surface area contributed by atoms with Crippen LogP contribution in [-0.2, 0) is 12.8 Å². The van der Waals surface area contributed by atoms with E-state index in [1.807, 2.05) is 46.8 Å². The number of benzene rings is 1. The Morgan fingerprint density at radius 1 is 1.23 bits per heavy atom. The van der Waals surface area contributed by atoms with Gasteiger partial charge in [-0.2, -0.15) is 0 Å². The first-order valence-electron chi connectivity index (χ1n) is 7.43. The largest absolute Gasteiger partial charge is 0.333 e. The summed E-state index contributed by atoms with van der Waals surface area (Å²) in [5, 5.41) is 16.8. The van der Waals surface area contributed by atoms with E-state index in [4.69, 9.17) is 17.0 Å². The van der Waals surface area contributed by atoms with E-state index < -0.39 is 6.03 Å². The minimum atomic E-state index is -0.414. The van der Waals surface area contributed by atoms with Gasteiger partial charge >= 0.3 is 6.03 Å². The van der Waals surface area contributed by atoms with Gasteiger partial charge in [0.05, 0.1) is 0 Å². The molecule has 6 heteroatoms. The number of nitrogens with one attached hydrogen (secondary N) is 4. The molecule has 0 bridgehead atoms. The second-order valence-corrected chi connectivity index (χ2v) is 6.50. The molecule has 0 aromatic heterocycles. The van der Waals surface area contributed by atoms with Crippen LogP contribution in [0.5, 0.6) is 0 Å². The van der Waals surface area contributed by atoms with Crippen LogP contribution in [-0.4, -0.2) is 17.5 Å². The summed E-state index contributed by atoms with van der Waals surface area (Å²) in [6.45, 7) is 9.69. The van der Waals surface area contributed by atoms with Crippen LogP contribution in [0.25, 0.3) is 0 Å². The first-order valence-corrected chi connectivity index (χ1v) is 7.80. The van der Waals surface area contributed by atoms with E-state index in [0.29, 0.717) is 5.02 Å². The summed E-state index contributed by atoms with van der Waals surface area (Å²) in [5.74, 6) is -0.0755. The van der Waals surface area contributed by atoms with Crippen LogP contribution in [0.2, 0.25) is 5.02 Å². The van der Waals surface area contributed by atoms with Crippen molar-refractivity contribution < 1.29 is 4.79 Å². The van der Waals surface area contributed by atoms with Crippen LogP contribution in [0.4, 0.5) is 10.5 Å². The van der Waals surface area contributed by atoms with Crippen molar-refractivity contribution in [3.05, 3.63) is 28.3 Å². The smallest absolute Gasteiger partial charge is 0.321 e. The maximum Gasteiger partial charge on any atom is 0.321 e. The van der Waals surface area contributed by atoms with Gasteiger partial charge in [-0.25, -0.2) is 4.79 Å². The SMILES string of the molecule is CCc1ccc(Cl)c(CC)c1NC(=N)NC(=O)NC(C)(C)C. The standard InChI is InChI=1S/C16H25ClN4O/c1-6-10-8-9-12(17)11(7-2)13(10)19-14(18)20-15(22)21-16(3,4)5/h8-9H,6-7H2,1-5H3,(H4,18,19,20,21,22). The minimum Gasteiger partial charge on any atom is -0.333 e. The summed E-state index contributed by atoms with van der Waals surface area (Å²) < 4.78 is 0. The highest BCUT2D eigenvalue weighted by Crippen LogP contribution is 2.29. The molecule has 1 aromatic rings. The first-order chi connectivity index (χ1) is 10.2. The number of halogens is 1. The lowest BCUT2D eigenvalue weighted by Gasteiger charge is -2.22. The second kappa shape index (κ2) is 7.49. The van der Waals surface area contributed by atoms with Crippen molar-refractivity contribution >= 4 is 29.3 Å². The second-order valence-electron chi connectivity index (χ2n) is 6.10. The molecular weight excluding hydrogens is 300 g/mol. The average Bonchev–Trinajstić information content (AvgIpc) is 2.36. The Bertz CT molecular complexity index is 564. The molecule has 0 radical (unpaired) electrons. The molecule has 0 aliphatic rings. The van der Waals surface area contributed by atoms with Gasteiger partial charge in [-0.05, 0) is 50.8 Å². The highest BCUT2D eigenvalue weighted by atomic mass is 35.5. The number of hydrogen-bond acceptors (Lipinski definition) is 2. The lowest BCUT2D eigenvalue weighted by Crippen LogP contribution is -2.49. The zero-order chi connectivity index (χ0) is 16.9. The fourth-order valence-corrected chi connectivity index (χ4v) is 2.40. The molecule has 0 saturated heterocycles. The topological polar surface area (TPSA) is 77.0 Å². The van der Waals surface area contributed by atoms with Gasteiger partial charge in [0.1, 0.15) is 0 Å². The molecular formula is C16H25ClN4O. The fourth-order valence-electron chi connectivity index (χ4n) is 2.11. The van der Waals surface area contributed by atoms with E-state index >= 15 is 0 Å². The number of rotatable bonds is 3. The van der Waals surface area contributed by atoms with Crippen molar-refractivity contribution in [2.24, 2.45) is 0 Å².